The first kappa shape index (κ1) is 18.2. The predicted molar refractivity (Wildman–Crippen MR) is 93.4 cm³/mol. The van der Waals surface area contributed by atoms with E-state index in [0.29, 0.717) is 26.3 Å². The number of amides is 1. The van der Waals surface area contributed by atoms with Crippen LogP contribution in [0.15, 0.2) is 48.7 Å². The number of nitrogens with zero attached hydrogens (tertiary/aromatic N) is 2. The number of aryl methyl sites for hydroxylation is 1. The summed E-state index contributed by atoms with van der Waals surface area (Å²) in [6.07, 6.45) is 2.80. The first-order chi connectivity index (χ1) is 11.7. The lowest BCUT2D eigenvalue weighted by Gasteiger charge is -2.23. The van der Waals surface area contributed by atoms with E-state index in [1.807, 2.05) is 65.2 Å². The largest absolute Gasteiger partial charge is 0.385 e. The summed E-state index contributed by atoms with van der Waals surface area (Å²) in [6, 6.07) is 13.9. The molecule has 0 N–H and O–H groups in total. The van der Waals surface area contributed by atoms with E-state index in [4.69, 9.17) is 9.47 Å². The first-order valence-corrected chi connectivity index (χ1v) is 8.19. The van der Waals surface area contributed by atoms with Gasteiger partial charge in [-0.2, -0.15) is 0 Å². The number of aromatic nitrogens is 1. The number of carbonyl (C=O) groups excluding carboxylic acids is 1. The molecular weight excluding hydrogens is 304 g/mol. The van der Waals surface area contributed by atoms with E-state index in [1.165, 1.54) is 0 Å². The van der Waals surface area contributed by atoms with Gasteiger partial charge in [0.05, 0.1) is 13.2 Å². The molecule has 5 heteroatoms. The molecule has 1 aromatic heterocycles. The van der Waals surface area contributed by atoms with E-state index < -0.39 is 0 Å². The zero-order valence-corrected chi connectivity index (χ0v) is 14.5. The number of ether oxygens (including phenoxy) is 2. The average molecular weight is 330 g/mol. The van der Waals surface area contributed by atoms with Crippen molar-refractivity contribution in [1.82, 2.24) is 9.47 Å². The Balaban J connectivity index is 1.87. The normalized spacial score (nSPS) is 10.8. The van der Waals surface area contributed by atoms with Crippen LogP contribution >= 0.6 is 0 Å². The number of methoxy groups -OCH3 is 1. The molecular formula is C19H26N2O3. The molecule has 0 fully saturated rings. The van der Waals surface area contributed by atoms with Gasteiger partial charge in [0.15, 0.2) is 0 Å². The van der Waals surface area contributed by atoms with Gasteiger partial charge in [0.2, 0.25) is 5.91 Å². The van der Waals surface area contributed by atoms with Crippen LogP contribution in [0.2, 0.25) is 0 Å². The van der Waals surface area contributed by atoms with E-state index in [9.17, 15) is 4.79 Å². The van der Waals surface area contributed by atoms with Crippen LogP contribution in [-0.2, 0) is 34.5 Å². The highest BCUT2D eigenvalue weighted by atomic mass is 16.5. The fourth-order valence-corrected chi connectivity index (χ4v) is 2.47. The molecule has 2 rings (SSSR count). The van der Waals surface area contributed by atoms with Crippen molar-refractivity contribution in [3.05, 3.63) is 59.9 Å². The van der Waals surface area contributed by atoms with Gasteiger partial charge in [0, 0.05) is 39.2 Å². The Morgan fingerprint density at radius 2 is 1.96 bits per heavy atom. The van der Waals surface area contributed by atoms with Crippen LogP contribution in [0.25, 0.3) is 0 Å². The minimum atomic E-state index is 0.00299. The molecule has 0 aliphatic rings. The second kappa shape index (κ2) is 9.90. The monoisotopic (exact) mass is 330 g/mol. The van der Waals surface area contributed by atoms with Crippen LogP contribution in [0.1, 0.15) is 17.7 Å². The third-order valence-electron chi connectivity index (χ3n) is 3.87. The smallest absolute Gasteiger partial charge is 0.248 e. The summed E-state index contributed by atoms with van der Waals surface area (Å²) in [6.45, 7) is 2.42. The maximum absolute atomic E-state index is 12.5. The Labute approximate surface area is 143 Å². The summed E-state index contributed by atoms with van der Waals surface area (Å²) >= 11 is 0. The Morgan fingerprint density at radius 3 is 2.62 bits per heavy atom. The maximum atomic E-state index is 12.5. The van der Waals surface area contributed by atoms with Crippen LogP contribution < -0.4 is 0 Å². The SMILES string of the molecule is COCCCN(Cc1cccn1C)C(=O)COCc1ccccc1. The fourth-order valence-electron chi connectivity index (χ4n) is 2.47. The van der Waals surface area contributed by atoms with Gasteiger partial charge in [-0.05, 0) is 24.1 Å². The summed E-state index contributed by atoms with van der Waals surface area (Å²) in [4.78, 5) is 14.3. The van der Waals surface area contributed by atoms with Crippen molar-refractivity contribution < 1.29 is 14.3 Å². The van der Waals surface area contributed by atoms with Crippen molar-refractivity contribution in [2.75, 3.05) is 26.9 Å². The van der Waals surface area contributed by atoms with Gasteiger partial charge >= 0.3 is 0 Å². The Bertz CT molecular complexity index is 610. The van der Waals surface area contributed by atoms with Gasteiger partial charge in [-0.15, -0.1) is 0 Å². The molecule has 5 nitrogen and oxygen atoms in total. The zero-order valence-electron chi connectivity index (χ0n) is 14.5. The molecule has 0 radical (unpaired) electrons. The Hall–Kier alpha value is -2.11. The first-order valence-electron chi connectivity index (χ1n) is 8.19. The highest BCUT2D eigenvalue weighted by Gasteiger charge is 2.15. The topological polar surface area (TPSA) is 43.7 Å². The molecule has 1 amide bonds. The lowest BCUT2D eigenvalue weighted by molar-refractivity contribution is -0.137. The van der Waals surface area contributed by atoms with E-state index >= 15 is 0 Å². The van der Waals surface area contributed by atoms with Crippen molar-refractivity contribution >= 4 is 5.91 Å². The lowest BCUT2D eigenvalue weighted by Crippen LogP contribution is -2.35. The standard InChI is InChI=1S/C19H26N2O3/c1-20-11-6-10-18(20)14-21(12-7-13-23-2)19(22)16-24-15-17-8-4-3-5-9-17/h3-6,8-11H,7,12-16H2,1-2H3. The summed E-state index contributed by atoms with van der Waals surface area (Å²) in [5.74, 6) is 0.00299. The number of carbonyl (C=O) groups is 1. The maximum Gasteiger partial charge on any atom is 0.248 e. The van der Waals surface area contributed by atoms with Crippen molar-refractivity contribution in [2.45, 2.75) is 19.6 Å². The van der Waals surface area contributed by atoms with Gasteiger partial charge in [0.25, 0.3) is 0 Å². The molecule has 24 heavy (non-hydrogen) atoms. The van der Waals surface area contributed by atoms with Gasteiger partial charge in [0.1, 0.15) is 6.61 Å². The summed E-state index contributed by atoms with van der Waals surface area (Å²) in [7, 11) is 3.66. The molecule has 0 atom stereocenters. The van der Waals surface area contributed by atoms with Crippen LogP contribution in [-0.4, -0.2) is 42.2 Å². The fraction of sp³-hybridized carbons (Fsp3) is 0.421. The minimum Gasteiger partial charge on any atom is -0.385 e. The summed E-state index contributed by atoms with van der Waals surface area (Å²) < 4.78 is 12.7. The zero-order chi connectivity index (χ0) is 17.2. The van der Waals surface area contributed by atoms with Crippen molar-refractivity contribution in [3.8, 4) is 0 Å². The number of hydrogen-bond acceptors (Lipinski definition) is 3. The Kier molecular flexibility index (Phi) is 7.52. The van der Waals surface area contributed by atoms with Gasteiger partial charge in [-0.1, -0.05) is 30.3 Å². The lowest BCUT2D eigenvalue weighted by atomic mass is 10.2. The summed E-state index contributed by atoms with van der Waals surface area (Å²) in [5, 5.41) is 0. The molecule has 0 bridgehead atoms. The quantitative estimate of drug-likeness (QED) is 0.629. The third kappa shape index (κ3) is 5.83. The molecule has 0 unspecified atom stereocenters. The average Bonchev–Trinajstić information content (AvgIpc) is 3.00. The van der Waals surface area contributed by atoms with E-state index in [2.05, 4.69) is 0 Å². The summed E-state index contributed by atoms with van der Waals surface area (Å²) in [5.41, 5.74) is 2.17. The molecule has 0 saturated carbocycles. The third-order valence-corrected chi connectivity index (χ3v) is 3.87. The van der Waals surface area contributed by atoms with Gasteiger partial charge in [-0.3, -0.25) is 4.79 Å². The second-order valence-corrected chi connectivity index (χ2v) is 5.75. The van der Waals surface area contributed by atoms with E-state index in [1.54, 1.807) is 7.11 Å². The molecule has 1 aromatic carbocycles. The van der Waals surface area contributed by atoms with Crippen LogP contribution in [0, 0.1) is 0 Å². The predicted octanol–water partition coefficient (Wildman–Crippen LogP) is 2.61. The minimum absolute atomic E-state index is 0.00299. The van der Waals surface area contributed by atoms with Crippen molar-refractivity contribution in [2.24, 2.45) is 7.05 Å². The molecule has 2 aromatic rings. The Morgan fingerprint density at radius 1 is 1.17 bits per heavy atom. The van der Waals surface area contributed by atoms with Crippen molar-refractivity contribution in [3.63, 3.8) is 0 Å². The van der Waals surface area contributed by atoms with Crippen LogP contribution in [0.5, 0.6) is 0 Å². The van der Waals surface area contributed by atoms with Crippen LogP contribution in [0.4, 0.5) is 0 Å². The molecule has 0 aliphatic heterocycles. The molecule has 130 valence electrons. The highest BCUT2D eigenvalue weighted by Crippen LogP contribution is 2.07. The molecule has 1 heterocycles. The molecule has 0 aliphatic carbocycles. The second-order valence-electron chi connectivity index (χ2n) is 5.75. The molecule has 0 spiro atoms. The van der Waals surface area contributed by atoms with Gasteiger partial charge < -0.3 is 18.9 Å². The van der Waals surface area contributed by atoms with E-state index in [-0.39, 0.29) is 12.5 Å². The number of benzene rings is 1. The van der Waals surface area contributed by atoms with Crippen molar-refractivity contribution in [1.29, 1.82) is 0 Å². The number of rotatable bonds is 10. The van der Waals surface area contributed by atoms with Gasteiger partial charge in [-0.25, -0.2) is 0 Å². The van der Waals surface area contributed by atoms with Crippen LogP contribution in [0.3, 0.4) is 0 Å². The number of hydrogen-bond donors (Lipinski definition) is 0. The highest BCUT2D eigenvalue weighted by molar-refractivity contribution is 5.77. The molecule has 0 saturated heterocycles. The van der Waals surface area contributed by atoms with E-state index in [0.717, 1.165) is 17.7 Å².